The summed E-state index contributed by atoms with van der Waals surface area (Å²) >= 11 is 0. The Hall–Kier alpha value is -1.42. The highest BCUT2D eigenvalue weighted by Gasteiger charge is 2.07. The highest BCUT2D eigenvalue weighted by molar-refractivity contribution is 14.0. The van der Waals surface area contributed by atoms with E-state index in [-0.39, 0.29) is 29.9 Å². The molecule has 1 heterocycles. The van der Waals surface area contributed by atoms with Gasteiger partial charge < -0.3 is 20.9 Å². The number of anilines is 1. The minimum atomic E-state index is -0.0803. The molecule has 1 atom stereocenters. The lowest BCUT2D eigenvalue weighted by Gasteiger charge is -2.21. The first kappa shape index (κ1) is 27.6. The molecule has 166 valence electrons. The molecule has 3 N–H and O–H groups in total. The molecule has 0 aliphatic heterocycles. The fourth-order valence-electron chi connectivity index (χ4n) is 2.80. The van der Waals surface area contributed by atoms with Gasteiger partial charge in [0.25, 0.3) is 0 Å². The number of guanidine groups is 1. The molecule has 0 bridgehead atoms. The summed E-state index contributed by atoms with van der Waals surface area (Å²) in [5, 5.41) is 9.48. The van der Waals surface area contributed by atoms with Crippen LogP contribution in [-0.4, -0.2) is 60.5 Å². The molecule has 0 aliphatic carbocycles. The van der Waals surface area contributed by atoms with Gasteiger partial charge in [-0.15, -0.1) is 24.0 Å². The Balaban J connectivity index is 0.00000784. The van der Waals surface area contributed by atoms with Crippen LogP contribution in [0.15, 0.2) is 23.3 Å². The van der Waals surface area contributed by atoms with E-state index in [9.17, 15) is 4.79 Å². The van der Waals surface area contributed by atoms with Gasteiger partial charge in [0.05, 0.1) is 6.54 Å². The number of carbonyl (C=O) groups is 1. The molecule has 8 heteroatoms. The van der Waals surface area contributed by atoms with E-state index in [1.807, 2.05) is 26.0 Å². The quantitative estimate of drug-likeness (QED) is 0.225. The van der Waals surface area contributed by atoms with Gasteiger partial charge in [-0.1, -0.05) is 19.9 Å². The number of hydrogen-bond acceptors (Lipinski definition) is 4. The molecule has 0 spiro atoms. The number of aromatic nitrogens is 1. The highest BCUT2D eigenvalue weighted by atomic mass is 127. The lowest BCUT2D eigenvalue weighted by Crippen LogP contribution is -2.42. The van der Waals surface area contributed by atoms with Gasteiger partial charge in [-0.3, -0.25) is 9.79 Å². The summed E-state index contributed by atoms with van der Waals surface area (Å²) in [6.07, 6.45) is 4.30. The molecule has 7 nitrogen and oxygen atoms in total. The van der Waals surface area contributed by atoms with E-state index in [0.29, 0.717) is 24.8 Å². The predicted octanol–water partition coefficient (Wildman–Crippen LogP) is 3.40. The number of aryl methyl sites for hydroxylation is 1. The van der Waals surface area contributed by atoms with Crippen molar-refractivity contribution in [1.82, 2.24) is 20.5 Å². The maximum Gasteiger partial charge on any atom is 0.227 e. The molecular formula is C21H39IN6O. The predicted molar refractivity (Wildman–Crippen MR) is 133 cm³/mol. The first-order valence-electron chi connectivity index (χ1n) is 10.5. The van der Waals surface area contributed by atoms with Gasteiger partial charge in [-0.25, -0.2) is 4.98 Å². The van der Waals surface area contributed by atoms with E-state index in [1.54, 1.807) is 6.20 Å². The van der Waals surface area contributed by atoms with Crippen molar-refractivity contribution in [1.29, 1.82) is 0 Å². The Morgan fingerprint density at radius 3 is 2.55 bits per heavy atom. The zero-order valence-corrected chi connectivity index (χ0v) is 21.0. The van der Waals surface area contributed by atoms with Crippen LogP contribution in [0.2, 0.25) is 0 Å². The van der Waals surface area contributed by atoms with Gasteiger partial charge in [0, 0.05) is 25.2 Å². The molecule has 1 rings (SSSR count). The van der Waals surface area contributed by atoms with E-state index in [4.69, 9.17) is 0 Å². The number of halogens is 1. The third-order valence-corrected chi connectivity index (χ3v) is 4.52. The van der Waals surface area contributed by atoms with Crippen molar-refractivity contribution < 1.29 is 4.79 Å². The molecule has 0 aromatic carbocycles. The van der Waals surface area contributed by atoms with Crippen LogP contribution < -0.4 is 16.0 Å². The number of rotatable bonds is 12. The number of hydrogen-bond donors (Lipinski definition) is 3. The smallest absolute Gasteiger partial charge is 0.227 e. The second-order valence-corrected chi connectivity index (χ2v) is 6.99. The first-order valence-corrected chi connectivity index (χ1v) is 10.5. The summed E-state index contributed by atoms with van der Waals surface area (Å²) in [4.78, 5) is 23.2. The summed E-state index contributed by atoms with van der Waals surface area (Å²) < 4.78 is 0. The summed E-state index contributed by atoms with van der Waals surface area (Å²) in [5.74, 6) is 1.26. The van der Waals surface area contributed by atoms with E-state index < -0.39 is 0 Å². The highest BCUT2D eigenvalue weighted by Crippen LogP contribution is 2.04. The molecule has 0 aliphatic rings. The number of nitrogens with zero attached hydrogens (tertiary/aromatic N) is 3. The number of nitrogens with one attached hydrogen (secondary N) is 3. The van der Waals surface area contributed by atoms with Crippen molar-refractivity contribution in [3.05, 3.63) is 23.9 Å². The van der Waals surface area contributed by atoms with Crippen LogP contribution in [0.3, 0.4) is 0 Å². The SMILES string of the molecule is CCNC(=NCCC(=O)Nc1ccc(C)cn1)NC(C)CCCN(CC)CC.I. The summed E-state index contributed by atoms with van der Waals surface area (Å²) in [7, 11) is 0. The Morgan fingerprint density at radius 2 is 1.97 bits per heavy atom. The molecule has 0 radical (unpaired) electrons. The van der Waals surface area contributed by atoms with Gasteiger partial charge in [0.1, 0.15) is 5.82 Å². The normalized spacial score (nSPS) is 12.3. The van der Waals surface area contributed by atoms with Crippen molar-refractivity contribution in [2.24, 2.45) is 4.99 Å². The summed E-state index contributed by atoms with van der Waals surface area (Å²) in [5.41, 5.74) is 1.06. The maximum absolute atomic E-state index is 12.1. The first-order chi connectivity index (χ1) is 13.5. The zero-order valence-electron chi connectivity index (χ0n) is 18.6. The Labute approximate surface area is 193 Å². The number of pyridine rings is 1. The fourth-order valence-corrected chi connectivity index (χ4v) is 2.80. The monoisotopic (exact) mass is 518 g/mol. The van der Waals surface area contributed by atoms with Crippen LogP contribution in [-0.2, 0) is 4.79 Å². The Morgan fingerprint density at radius 1 is 1.24 bits per heavy atom. The number of carbonyl (C=O) groups excluding carboxylic acids is 1. The second-order valence-electron chi connectivity index (χ2n) is 6.99. The molecule has 0 fully saturated rings. The minimum Gasteiger partial charge on any atom is -0.357 e. The van der Waals surface area contributed by atoms with Crippen LogP contribution in [0.25, 0.3) is 0 Å². The topological polar surface area (TPSA) is 81.6 Å². The van der Waals surface area contributed by atoms with Crippen molar-refractivity contribution >= 4 is 41.7 Å². The van der Waals surface area contributed by atoms with Crippen molar-refractivity contribution in [3.8, 4) is 0 Å². The van der Waals surface area contributed by atoms with E-state index in [1.165, 1.54) is 0 Å². The van der Waals surface area contributed by atoms with Crippen molar-refractivity contribution in [2.45, 2.75) is 59.9 Å². The third kappa shape index (κ3) is 12.7. The molecular weight excluding hydrogens is 479 g/mol. The summed E-state index contributed by atoms with van der Waals surface area (Å²) in [6, 6.07) is 4.07. The third-order valence-electron chi connectivity index (χ3n) is 4.52. The molecule has 1 unspecified atom stereocenters. The zero-order chi connectivity index (χ0) is 20.8. The van der Waals surface area contributed by atoms with Gasteiger partial charge >= 0.3 is 0 Å². The van der Waals surface area contributed by atoms with Crippen molar-refractivity contribution in [2.75, 3.05) is 38.0 Å². The summed E-state index contributed by atoms with van der Waals surface area (Å²) in [6.45, 7) is 15.1. The Bertz CT molecular complexity index is 589. The van der Waals surface area contributed by atoms with E-state index in [2.05, 4.69) is 51.6 Å². The van der Waals surface area contributed by atoms with Crippen LogP contribution in [0, 0.1) is 6.92 Å². The van der Waals surface area contributed by atoms with Crippen molar-refractivity contribution in [3.63, 3.8) is 0 Å². The second kappa shape index (κ2) is 16.4. The average molecular weight is 518 g/mol. The van der Waals surface area contributed by atoms with E-state index in [0.717, 1.165) is 50.5 Å². The van der Waals surface area contributed by atoms with Crippen LogP contribution in [0.4, 0.5) is 5.82 Å². The Kier molecular flexibility index (Phi) is 15.6. The molecule has 0 saturated heterocycles. The lowest BCUT2D eigenvalue weighted by atomic mass is 10.2. The van der Waals surface area contributed by atoms with Gasteiger partial charge in [-0.2, -0.15) is 0 Å². The minimum absolute atomic E-state index is 0. The number of aliphatic imine (C=N–C) groups is 1. The van der Waals surface area contributed by atoms with Crippen LogP contribution in [0.5, 0.6) is 0 Å². The van der Waals surface area contributed by atoms with E-state index >= 15 is 0 Å². The average Bonchev–Trinajstić information content (AvgIpc) is 2.67. The molecule has 0 saturated carbocycles. The fraction of sp³-hybridized carbons (Fsp3) is 0.667. The maximum atomic E-state index is 12.1. The molecule has 1 aromatic heterocycles. The standard InChI is InChI=1S/C21H38N6O.HI/c1-6-22-21(25-18(5)10-9-15-27(7-2)8-3)23-14-13-20(28)26-19-12-11-17(4)16-24-19;/h11-12,16,18H,6-10,13-15H2,1-5H3,(H2,22,23,25)(H,24,26,28);1H. The van der Waals surface area contributed by atoms with Gasteiger partial charge in [-0.05, 0) is 64.9 Å². The molecule has 1 aromatic rings. The van der Waals surface area contributed by atoms with Gasteiger partial charge in [0.2, 0.25) is 5.91 Å². The van der Waals surface area contributed by atoms with Crippen LogP contribution >= 0.6 is 24.0 Å². The van der Waals surface area contributed by atoms with Crippen LogP contribution in [0.1, 0.15) is 52.5 Å². The lowest BCUT2D eigenvalue weighted by molar-refractivity contribution is -0.116. The number of amides is 1. The van der Waals surface area contributed by atoms with Gasteiger partial charge in [0.15, 0.2) is 5.96 Å². The molecule has 29 heavy (non-hydrogen) atoms. The molecule has 1 amide bonds. The largest absolute Gasteiger partial charge is 0.357 e.